The fourth-order valence-electron chi connectivity index (χ4n) is 1.32. The Morgan fingerprint density at radius 3 is 2.29 bits per heavy atom. The van der Waals surface area contributed by atoms with Crippen LogP contribution in [-0.4, -0.2) is 33.3 Å². The number of hydrogen-bond donors (Lipinski definition) is 0. The molecule has 0 saturated heterocycles. The van der Waals surface area contributed by atoms with Crippen molar-refractivity contribution in [3.05, 3.63) is 29.1 Å². The number of rotatable bonds is 2. The lowest BCUT2D eigenvalue weighted by Crippen LogP contribution is -2.23. The molecule has 7 heteroatoms. The average molecular weight is 280 g/mol. The van der Waals surface area contributed by atoms with Gasteiger partial charge in [0.25, 0.3) is 15.0 Å². The van der Waals surface area contributed by atoms with Crippen molar-refractivity contribution in [2.24, 2.45) is 0 Å². The van der Waals surface area contributed by atoms with Gasteiger partial charge in [-0.05, 0) is 24.6 Å². The third-order valence-corrected chi connectivity index (χ3v) is 3.63. The first-order chi connectivity index (χ1) is 7.64. The molecule has 1 aromatic carbocycles. The number of halogens is 2. The standard InChI is InChI=1S/C10H11ClFNO3S/c1-6-4-8(12)7(10(14)13(2)3)5-9(6)17(11,15)16/h4-5H,1-3H3. The molecule has 0 N–H and O–H groups in total. The van der Waals surface area contributed by atoms with Crippen LogP contribution in [0, 0.1) is 12.7 Å². The van der Waals surface area contributed by atoms with Crippen LogP contribution in [0.4, 0.5) is 4.39 Å². The fraction of sp³-hybridized carbons (Fsp3) is 0.300. The van der Waals surface area contributed by atoms with E-state index in [9.17, 15) is 17.6 Å². The highest BCUT2D eigenvalue weighted by atomic mass is 35.7. The zero-order valence-corrected chi connectivity index (χ0v) is 11.1. The molecule has 0 heterocycles. The number of hydrogen-bond acceptors (Lipinski definition) is 3. The summed E-state index contributed by atoms with van der Waals surface area (Å²) < 4.78 is 36.0. The Balaban J connectivity index is 3.50. The number of benzene rings is 1. The molecular formula is C10H11ClFNO3S. The lowest BCUT2D eigenvalue weighted by molar-refractivity contribution is 0.0823. The second-order valence-corrected chi connectivity index (χ2v) is 6.27. The van der Waals surface area contributed by atoms with Gasteiger partial charge in [-0.3, -0.25) is 4.79 Å². The molecule has 1 rings (SSSR count). The molecule has 0 bridgehead atoms. The van der Waals surface area contributed by atoms with Crippen LogP contribution >= 0.6 is 10.7 Å². The van der Waals surface area contributed by atoms with Crippen molar-refractivity contribution in [2.75, 3.05) is 14.1 Å². The highest BCUT2D eigenvalue weighted by Gasteiger charge is 2.21. The van der Waals surface area contributed by atoms with Crippen molar-refractivity contribution in [1.29, 1.82) is 0 Å². The van der Waals surface area contributed by atoms with E-state index in [-0.39, 0.29) is 16.0 Å². The Labute approximate surface area is 103 Å². The van der Waals surface area contributed by atoms with Crippen molar-refractivity contribution in [2.45, 2.75) is 11.8 Å². The van der Waals surface area contributed by atoms with Gasteiger partial charge in [0.2, 0.25) is 0 Å². The summed E-state index contributed by atoms with van der Waals surface area (Å²) in [7, 11) is 4.08. The first-order valence-electron chi connectivity index (χ1n) is 4.61. The van der Waals surface area contributed by atoms with Crippen LogP contribution in [0.5, 0.6) is 0 Å². The lowest BCUT2D eigenvalue weighted by atomic mass is 10.1. The predicted molar refractivity (Wildman–Crippen MR) is 62.2 cm³/mol. The minimum absolute atomic E-state index is 0.160. The highest BCUT2D eigenvalue weighted by molar-refractivity contribution is 8.13. The second kappa shape index (κ2) is 4.62. The monoisotopic (exact) mass is 279 g/mol. The first kappa shape index (κ1) is 13.9. The highest BCUT2D eigenvalue weighted by Crippen LogP contribution is 2.23. The van der Waals surface area contributed by atoms with E-state index in [0.717, 1.165) is 17.0 Å². The summed E-state index contributed by atoms with van der Waals surface area (Å²) in [5.41, 5.74) is -0.160. The van der Waals surface area contributed by atoms with Gasteiger partial charge in [0, 0.05) is 24.8 Å². The largest absolute Gasteiger partial charge is 0.345 e. The molecule has 0 saturated carbocycles. The van der Waals surface area contributed by atoms with E-state index < -0.39 is 20.8 Å². The molecular weight excluding hydrogens is 269 g/mol. The molecule has 0 aliphatic carbocycles. The quantitative estimate of drug-likeness (QED) is 0.775. The number of carbonyl (C=O) groups excluding carboxylic acids is 1. The molecule has 1 aromatic rings. The number of carbonyl (C=O) groups is 1. The minimum atomic E-state index is -4.00. The Kier molecular flexibility index (Phi) is 3.78. The Morgan fingerprint density at radius 1 is 1.35 bits per heavy atom. The van der Waals surface area contributed by atoms with Gasteiger partial charge in [-0.15, -0.1) is 0 Å². The van der Waals surface area contributed by atoms with Crippen molar-refractivity contribution in [3.63, 3.8) is 0 Å². The molecule has 0 fully saturated rings. The van der Waals surface area contributed by atoms with Crippen LogP contribution < -0.4 is 0 Å². The molecule has 4 nitrogen and oxygen atoms in total. The number of amides is 1. The average Bonchev–Trinajstić information content (AvgIpc) is 2.14. The van der Waals surface area contributed by atoms with Crippen LogP contribution in [0.25, 0.3) is 0 Å². The molecule has 1 amide bonds. The van der Waals surface area contributed by atoms with E-state index in [0.29, 0.717) is 0 Å². The topological polar surface area (TPSA) is 54.5 Å². The van der Waals surface area contributed by atoms with Crippen LogP contribution in [0.3, 0.4) is 0 Å². The Morgan fingerprint density at radius 2 is 1.88 bits per heavy atom. The molecule has 17 heavy (non-hydrogen) atoms. The van der Waals surface area contributed by atoms with Gasteiger partial charge in [-0.2, -0.15) is 0 Å². The normalized spacial score (nSPS) is 11.4. The second-order valence-electron chi connectivity index (χ2n) is 3.73. The number of nitrogens with zero attached hydrogens (tertiary/aromatic N) is 1. The predicted octanol–water partition coefficient (Wildman–Crippen LogP) is 1.76. The maximum absolute atomic E-state index is 13.5. The van der Waals surface area contributed by atoms with Gasteiger partial charge in [0.1, 0.15) is 5.82 Å². The molecule has 0 atom stereocenters. The van der Waals surface area contributed by atoms with Crippen molar-refractivity contribution >= 4 is 25.6 Å². The van der Waals surface area contributed by atoms with E-state index in [1.807, 2.05) is 0 Å². The van der Waals surface area contributed by atoms with Crippen molar-refractivity contribution in [1.82, 2.24) is 4.90 Å². The lowest BCUT2D eigenvalue weighted by Gasteiger charge is -2.12. The van der Waals surface area contributed by atoms with E-state index in [1.54, 1.807) is 0 Å². The van der Waals surface area contributed by atoms with Crippen LogP contribution in [0.1, 0.15) is 15.9 Å². The molecule has 94 valence electrons. The molecule has 0 radical (unpaired) electrons. The Hall–Kier alpha value is -1.14. The molecule has 0 aliphatic rings. The molecule has 0 unspecified atom stereocenters. The first-order valence-corrected chi connectivity index (χ1v) is 6.92. The van der Waals surface area contributed by atoms with E-state index in [2.05, 4.69) is 0 Å². The van der Waals surface area contributed by atoms with Gasteiger partial charge < -0.3 is 4.90 Å². The number of aryl methyl sites for hydroxylation is 1. The smallest absolute Gasteiger partial charge is 0.261 e. The summed E-state index contributed by atoms with van der Waals surface area (Å²) in [6.45, 7) is 1.41. The summed E-state index contributed by atoms with van der Waals surface area (Å²) in [6.07, 6.45) is 0. The molecule has 0 aromatic heterocycles. The summed E-state index contributed by atoms with van der Waals surface area (Å²) in [4.78, 5) is 12.5. The van der Waals surface area contributed by atoms with E-state index in [1.165, 1.54) is 21.0 Å². The zero-order chi connectivity index (χ0) is 13.4. The maximum atomic E-state index is 13.5. The van der Waals surface area contributed by atoms with Crippen LogP contribution in [0.2, 0.25) is 0 Å². The summed E-state index contributed by atoms with van der Waals surface area (Å²) in [5.74, 6) is -1.39. The van der Waals surface area contributed by atoms with E-state index >= 15 is 0 Å². The van der Waals surface area contributed by atoms with Gasteiger partial charge in [0.05, 0.1) is 10.5 Å². The van der Waals surface area contributed by atoms with Crippen LogP contribution in [-0.2, 0) is 9.05 Å². The van der Waals surface area contributed by atoms with Gasteiger partial charge in [0.15, 0.2) is 0 Å². The third kappa shape index (κ3) is 2.95. The van der Waals surface area contributed by atoms with Crippen LogP contribution in [0.15, 0.2) is 17.0 Å². The molecule has 0 aliphatic heterocycles. The minimum Gasteiger partial charge on any atom is -0.345 e. The Bertz CT molecular complexity index is 569. The SMILES string of the molecule is Cc1cc(F)c(C(=O)N(C)C)cc1S(=O)(=O)Cl. The maximum Gasteiger partial charge on any atom is 0.261 e. The van der Waals surface area contributed by atoms with Crippen molar-refractivity contribution in [3.8, 4) is 0 Å². The zero-order valence-electron chi connectivity index (χ0n) is 9.49. The third-order valence-electron chi connectivity index (χ3n) is 2.16. The van der Waals surface area contributed by atoms with Crippen molar-refractivity contribution < 1.29 is 17.6 Å². The molecule has 0 spiro atoms. The summed E-state index contributed by atoms with van der Waals surface area (Å²) in [6, 6.07) is 1.93. The summed E-state index contributed by atoms with van der Waals surface area (Å²) >= 11 is 0. The van der Waals surface area contributed by atoms with Gasteiger partial charge in [-0.25, -0.2) is 12.8 Å². The fourth-order valence-corrected chi connectivity index (χ4v) is 2.52. The van der Waals surface area contributed by atoms with Gasteiger partial charge in [-0.1, -0.05) is 0 Å². The van der Waals surface area contributed by atoms with Gasteiger partial charge >= 0.3 is 0 Å². The van der Waals surface area contributed by atoms with E-state index in [4.69, 9.17) is 10.7 Å². The summed E-state index contributed by atoms with van der Waals surface area (Å²) in [5, 5.41) is 0.